The van der Waals surface area contributed by atoms with Crippen molar-refractivity contribution >= 4 is 35.3 Å². The van der Waals surface area contributed by atoms with E-state index >= 15 is 0 Å². The number of hydrazone groups is 1. The first-order chi connectivity index (χ1) is 17.0. The van der Waals surface area contributed by atoms with Crippen molar-refractivity contribution in [1.82, 2.24) is 5.43 Å². The fraction of sp³-hybridized carbons (Fsp3) is 0.286. The first-order valence-corrected chi connectivity index (χ1v) is 12.5. The lowest BCUT2D eigenvalue weighted by molar-refractivity contribution is 0.0955. The van der Waals surface area contributed by atoms with Crippen LogP contribution < -0.4 is 14.9 Å². The molecule has 0 aliphatic rings. The molecule has 184 valence electrons. The highest BCUT2D eigenvalue weighted by Gasteiger charge is 2.06. The minimum Gasteiger partial charge on any atom is -0.490 e. The van der Waals surface area contributed by atoms with Gasteiger partial charge in [-0.3, -0.25) is 4.79 Å². The third-order valence-corrected chi connectivity index (χ3v) is 5.75. The monoisotopic (exact) mass is 512 g/mol. The number of carbonyl (C=O) groups is 1. The number of hydrogen-bond donors (Lipinski definition) is 1. The molecule has 7 heteroatoms. The summed E-state index contributed by atoms with van der Waals surface area (Å²) in [4.78, 5) is 12.2. The highest BCUT2D eigenvalue weighted by Crippen LogP contribution is 2.22. The molecule has 0 aliphatic carbocycles. The topological polar surface area (TPSA) is 59.9 Å². The molecular weight excluding hydrogens is 483 g/mol. The number of halogens is 2. The molecule has 0 aromatic heterocycles. The average molecular weight is 513 g/mol. The summed E-state index contributed by atoms with van der Waals surface area (Å²) in [6.07, 6.45) is 7.63. The van der Waals surface area contributed by atoms with Gasteiger partial charge in [0.25, 0.3) is 5.91 Å². The van der Waals surface area contributed by atoms with Crippen molar-refractivity contribution in [2.45, 2.75) is 39.0 Å². The number of benzene rings is 3. The lowest BCUT2D eigenvalue weighted by Gasteiger charge is -2.11. The molecule has 35 heavy (non-hydrogen) atoms. The van der Waals surface area contributed by atoms with Gasteiger partial charge in [0, 0.05) is 21.2 Å². The second-order valence-electron chi connectivity index (χ2n) is 8.04. The van der Waals surface area contributed by atoms with Gasteiger partial charge in [0.05, 0.1) is 6.21 Å². The van der Waals surface area contributed by atoms with E-state index in [1.165, 1.54) is 37.5 Å². The number of hydrogen-bond acceptors (Lipinski definition) is 4. The zero-order valence-electron chi connectivity index (χ0n) is 19.8. The molecule has 0 aliphatic heterocycles. The summed E-state index contributed by atoms with van der Waals surface area (Å²) in [5.41, 5.74) is 4.86. The Morgan fingerprint density at radius 1 is 0.914 bits per heavy atom. The summed E-state index contributed by atoms with van der Waals surface area (Å²) in [6.45, 7) is 2.96. The summed E-state index contributed by atoms with van der Waals surface area (Å²) in [7, 11) is 0. The Hall–Kier alpha value is -3.02. The van der Waals surface area contributed by atoms with Crippen molar-refractivity contribution in [3.05, 3.63) is 93.5 Å². The fourth-order valence-corrected chi connectivity index (χ4v) is 3.80. The third kappa shape index (κ3) is 9.27. The van der Waals surface area contributed by atoms with Crippen LogP contribution in [0.15, 0.2) is 71.8 Å². The first-order valence-electron chi connectivity index (χ1n) is 11.8. The molecular formula is C28H30Cl2N2O3. The van der Waals surface area contributed by atoms with Crippen LogP contribution in [-0.4, -0.2) is 25.3 Å². The predicted molar refractivity (Wildman–Crippen MR) is 143 cm³/mol. The normalized spacial score (nSPS) is 10.9. The number of amides is 1. The molecule has 0 unspecified atom stereocenters. The van der Waals surface area contributed by atoms with Gasteiger partial charge in [-0.15, -0.1) is 0 Å². The Labute approximate surface area is 217 Å². The van der Waals surface area contributed by atoms with Crippen LogP contribution in [-0.2, 0) is 6.42 Å². The van der Waals surface area contributed by atoms with Crippen molar-refractivity contribution < 1.29 is 14.3 Å². The van der Waals surface area contributed by atoms with Gasteiger partial charge in [0.2, 0.25) is 0 Å². The Bertz CT molecular complexity index is 1120. The molecule has 0 atom stereocenters. The number of rotatable bonds is 13. The van der Waals surface area contributed by atoms with E-state index in [0.29, 0.717) is 40.1 Å². The second kappa shape index (κ2) is 14.4. The molecule has 0 spiro atoms. The van der Waals surface area contributed by atoms with Crippen LogP contribution in [0.3, 0.4) is 0 Å². The summed E-state index contributed by atoms with van der Waals surface area (Å²) >= 11 is 12.1. The molecule has 0 saturated heterocycles. The molecule has 0 heterocycles. The predicted octanol–water partition coefficient (Wildman–Crippen LogP) is 7.34. The van der Waals surface area contributed by atoms with E-state index < -0.39 is 0 Å². The first kappa shape index (κ1) is 26.6. The van der Waals surface area contributed by atoms with Crippen LogP contribution in [0.4, 0.5) is 0 Å². The molecule has 1 amide bonds. The average Bonchev–Trinajstić information content (AvgIpc) is 2.86. The maximum atomic E-state index is 12.2. The lowest BCUT2D eigenvalue weighted by atomic mass is 10.1. The minimum atomic E-state index is -0.367. The van der Waals surface area contributed by atoms with E-state index in [4.69, 9.17) is 32.7 Å². The molecule has 0 radical (unpaired) electrons. The van der Waals surface area contributed by atoms with Crippen LogP contribution >= 0.6 is 23.2 Å². The molecule has 0 saturated carbocycles. The van der Waals surface area contributed by atoms with Gasteiger partial charge in [0.15, 0.2) is 0 Å². The highest BCUT2D eigenvalue weighted by molar-refractivity contribution is 6.31. The summed E-state index contributed by atoms with van der Waals surface area (Å²) < 4.78 is 11.7. The van der Waals surface area contributed by atoms with Gasteiger partial charge in [-0.1, -0.05) is 67.6 Å². The smallest absolute Gasteiger partial charge is 0.271 e. The van der Waals surface area contributed by atoms with E-state index in [2.05, 4.69) is 29.6 Å². The number of ether oxygens (including phenoxy) is 2. The zero-order chi connectivity index (χ0) is 24.9. The van der Waals surface area contributed by atoms with Gasteiger partial charge in [-0.2, -0.15) is 5.10 Å². The zero-order valence-corrected chi connectivity index (χ0v) is 21.3. The Morgan fingerprint density at radius 3 is 2.46 bits per heavy atom. The van der Waals surface area contributed by atoms with E-state index in [-0.39, 0.29) is 5.91 Å². The number of aryl methyl sites for hydroxylation is 1. The highest BCUT2D eigenvalue weighted by atomic mass is 35.5. The SMILES string of the molecule is CCCCCCc1ccc(OCCOc2ccc(Cl)cc2/C=N/NC(=O)c2cccc(Cl)c2)cc1. The van der Waals surface area contributed by atoms with E-state index in [9.17, 15) is 4.79 Å². The van der Waals surface area contributed by atoms with E-state index in [0.717, 1.165) is 12.2 Å². The molecule has 3 rings (SSSR count). The lowest BCUT2D eigenvalue weighted by Crippen LogP contribution is -2.17. The van der Waals surface area contributed by atoms with Crippen LogP contribution in [0, 0.1) is 0 Å². The van der Waals surface area contributed by atoms with Gasteiger partial charge >= 0.3 is 0 Å². The summed E-state index contributed by atoms with van der Waals surface area (Å²) in [5.74, 6) is 1.03. The molecule has 3 aromatic carbocycles. The van der Waals surface area contributed by atoms with Crippen LogP contribution in [0.2, 0.25) is 10.0 Å². The van der Waals surface area contributed by atoms with Gasteiger partial charge < -0.3 is 9.47 Å². The van der Waals surface area contributed by atoms with Crippen LogP contribution in [0.5, 0.6) is 11.5 Å². The minimum absolute atomic E-state index is 0.343. The van der Waals surface area contributed by atoms with Gasteiger partial charge in [-0.05, 0) is 66.9 Å². The molecule has 0 fully saturated rings. The second-order valence-corrected chi connectivity index (χ2v) is 8.92. The van der Waals surface area contributed by atoms with Crippen molar-refractivity contribution in [2.75, 3.05) is 13.2 Å². The standard InChI is InChI=1S/C28H30Cl2N2O3/c1-2-3-4-5-7-21-10-13-26(14-11-21)34-16-17-35-27-15-12-25(30)19-23(27)20-31-32-28(33)22-8-6-9-24(29)18-22/h6,8-15,18-20H,2-5,7,16-17H2,1H3,(H,32,33)/b31-20+. The van der Waals surface area contributed by atoms with Gasteiger partial charge in [-0.25, -0.2) is 5.43 Å². The van der Waals surface area contributed by atoms with Crippen molar-refractivity contribution in [2.24, 2.45) is 5.10 Å². The van der Waals surface area contributed by atoms with Gasteiger partial charge in [0.1, 0.15) is 24.7 Å². The fourth-order valence-electron chi connectivity index (χ4n) is 3.43. The third-order valence-electron chi connectivity index (χ3n) is 5.28. The van der Waals surface area contributed by atoms with Crippen LogP contribution in [0.25, 0.3) is 0 Å². The number of nitrogens with zero attached hydrogens (tertiary/aromatic N) is 1. The van der Waals surface area contributed by atoms with E-state index in [1.807, 2.05) is 12.1 Å². The maximum Gasteiger partial charge on any atom is 0.271 e. The quantitative estimate of drug-likeness (QED) is 0.148. The molecule has 3 aromatic rings. The summed E-state index contributed by atoms with van der Waals surface area (Å²) in [5, 5.41) is 5.04. The molecule has 1 N–H and O–H groups in total. The van der Waals surface area contributed by atoms with Crippen molar-refractivity contribution in [1.29, 1.82) is 0 Å². The number of carbonyl (C=O) groups excluding carboxylic acids is 1. The largest absolute Gasteiger partial charge is 0.490 e. The number of nitrogens with one attached hydrogen (secondary N) is 1. The van der Waals surface area contributed by atoms with E-state index in [1.54, 1.807) is 42.5 Å². The Morgan fingerprint density at radius 2 is 1.69 bits per heavy atom. The molecule has 0 bridgehead atoms. The Kier molecular flexibility index (Phi) is 10.9. The van der Waals surface area contributed by atoms with Crippen LogP contribution in [0.1, 0.15) is 54.1 Å². The maximum absolute atomic E-state index is 12.2. The van der Waals surface area contributed by atoms with Crippen molar-refractivity contribution in [3.8, 4) is 11.5 Å². The number of unbranched alkanes of at least 4 members (excludes halogenated alkanes) is 3. The van der Waals surface area contributed by atoms with Crippen molar-refractivity contribution in [3.63, 3.8) is 0 Å². The summed E-state index contributed by atoms with van der Waals surface area (Å²) in [6, 6.07) is 20.1. The molecule has 5 nitrogen and oxygen atoms in total. The Balaban J connectivity index is 1.47.